The quantitative estimate of drug-likeness (QED) is 0.111. The first-order chi connectivity index (χ1) is 38.2. The lowest BCUT2D eigenvalue weighted by atomic mass is 9.77. The van der Waals surface area contributed by atoms with Crippen molar-refractivity contribution in [1.82, 2.24) is 0 Å². The summed E-state index contributed by atoms with van der Waals surface area (Å²) in [7, 11) is 0. The van der Waals surface area contributed by atoms with Crippen molar-refractivity contribution in [2.24, 2.45) is 0 Å². The van der Waals surface area contributed by atoms with Crippen molar-refractivity contribution in [2.45, 2.75) is 38.5 Å². The van der Waals surface area contributed by atoms with E-state index in [9.17, 15) is 0 Å². The van der Waals surface area contributed by atoms with Gasteiger partial charge in [0.25, 0.3) is 0 Å². The molecule has 78 heavy (non-hydrogen) atoms. The van der Waals surface area contributed by atoms with Crippen molar-refractivity contribution in [3.8, 4) is 44.5 Å². The van der Waals surface area contributed by atoms with Crippen molar-refractivity contribution in [3.63, 3.8) is 0 Å². The normalized spacial score (nSPS) is 13.6. The molecule has 0 unspecified atom stereocenters. The van der Waals surface area contributed by atoms with Crippen molar-refractivity contribution >= 4 is 77.2 Å². The Morgan fingerprint density at radius 3 is 0.897 bits per heavy atom. The van der Waals surface area contributed by atoms with Gasteiger partial charge in [0.1, 0.15) is 0 Å². The lowest BCUT2D eigenvalue weighted by molar-refractivity contribution is 0.666. The lowest BCUT2D eigenvalue weighted by Gasteiger charge is -2.27. The van der Waals surface area contributed by atoms with E-state index in [1.807, 2.05) is 0 Å². The molecule has 0 heterocycles. The Hall–Kier alpha value is -9.50. The van der Waals surface area contributed by atoms with Gasteiger partial charge < -0.3 is 9.80 Å². The van der Waals surface area contributed by atoms with Gasteiger partial charge in [0, 0.05) is 45.0 Å². The predicted molar refractivity (Wildman–Crippen MR) is 332 cm³/mol. The second-order valence-electron chi connectivity index (χ2n) is 22.4. The summed E-state index contributed by atoms with van der Waals surface area (Å²) < 4.78 is 0. The van der Waals surface area contributed by atoms with Gasteiger partial charge >= 0.3 is 0 Å². The van der Waals surface area contributed by atoms with Crippen LogP contribution in [0, 0.1) is 0 Å². The molecule has 0 aromatic heterocycles. The maximum atomic E-state index is 2.51. The molecule has 0 aliphatic heterocycles. The van der Waals surface area contributed by atoms with E-state index in [-0.39, 0.29) is 10.8 Å². The summed E-state index contributed by atoms with van der Waals surface area (Å²) in [5, 5.41) is 10.2. The van der Waals surface area contributed by atoms with E-state index in [2.05, 4.69) is 304 Å². The van der Waals surface area contributed by atoms with Crippen LogP contribution in [0.15, 0.2) is 267 Å². The molecule has 2 nitrogen and oxygen atoms in total. The van der Waals surface area contributed by atoms with Crippen molar-refractivity contribution in [2.75, 3.05) is 9.80 Å². The summed E-state index contributed by atoms with van der Waals surface area (Å²) in [6, 6.07) is 99.2. The van der Waals surface area contributed by atoms with Crippen molar-refractivity contribution in [3.05, 3.63) is 289 Å². The zero-order valence-electron chi connectivity index (χ0n) is 44.3. The predicted octanol–water partition coefficient (Wildman–Crippen LogP) is 21.2. The molecule has 0 saturated carbocycles. The molecule has 0 amide bonds. The fourth-order valence-electron chi connectivity index (χ4n) is 13.8. The summed E-state index contributed by atoms with van der Waals surface area (Å²) in [4.78, 5) is 4.69. The maximum Gasteiger partial charge on any atom is 0.0462 e. The SMILES string of the molecule is CC1(C)c2ccccc2-c2ccc3c(c(-c4ccc(N(c5ccccc5)c5ccccc5)cc4)cc4cc5c(cc(-c6ccc(N(c7ccccc7)c7ccccc7)cc6)c6c7c(ccc65)-c5ccccc5C7(C)C)cc43)c21. The van der Waals surface area contributed by atoms with E-state index in [0.29, 0.717) is 0 Å². The Morgan fingerprint density at radius 2 is 0.551 bits per heavy atom. The molecule has 2 aliphatic rings. The van der Waals surface area contributed by atoms with Gasteiger partial charge in [-0.3, -0.25) is 0 Å². The van der Waals surface area contributed by atoms with E-state index in [0.717, 1.165) is 34.1 Å². The third-order valence-electron chi connectivity index (χ3n) is 17.3. The lowest BCUT2D eigenvalue weighted by Crippen LogP contribution is -2.16. The second-order valence-corrected chi connectivity index (χ2v) is 22.4. The average Bonchev–Trinajstić information content (AvgIpc) is 3.96. The first kappa shape index (κ1) is 45.9. The number of hydrogen-bond acceptors (Lipinski definition) is 2. The third kappa shape index (κ3) is 6.96. The number of nitrogens with zero attached hydrogens (tertiary/aromatic N) is 2. The molecule has 0 atom stereocenters. The second kappa shape index (κ2) is 17.5. The molecular weight excluding hydrogens is 941 g/mol. The third-order valence-corrected chi connectivity index (χ3v) is 17.3. The minimum Gasteiger partial charge on any atom is -0.311 e. The van der Waals surface area contributed by atoms with Crippen LogP contribution in [-0.4, -0.2) is 0 Å². The standard InChI is InChI=1S/C76H56N2/c1-75(2)69-31-19-17-29-59(69)63-43-41-61-65-45-52-48-68(50-35-39-58(40-36-50)78(55-25-13-7-14-26-55)56-27-15-8-16-28-56)72-62(42-44-64-60-30-18-20-32-70(60)76(3,4)74(64)72)66(52)46-51(65)47-67(71(61)73(63)75)49-33-37-57(38-34-49)77(53-21-9-5-10-22-53)54-23-11-6-12-24-54/h5-48H,1-4H3. The summed E-state index contributed by atoms with van der Waals surface area (Å²) in [6.45, 7) is 9.69. The highest BCUT2D eigenvalue weighted by Crippen LogP contribution is 2.57. The molecule has 0 saturated heterocycles. The monoisotopic (exact) mass is 996 g/mol. The van der Waals surface area contributed by atoms with Gasteiger partial charge in [-0.15, -0.1) is 0 Å². The molecule has 0 spiro atoms. The molecule has 15 rings (SSSR count). The summed E-state index contributed by atoms with van der Waals surface area (Å²) in [6.07, 6.45) is 0. The first-order valence-electron chi connectivity index (χ1n) is 27.4. The van der Waals surface area contributed by atoms with Gasteiger partial charge in [0.2, 0.25) is 0 Å². The van der Waals surface area contributed by atoms with Gasteiger partial charge in [-0.25, -0.2) is 0 Å². The number of anilines is 6. The summed E-state index contributed by atoms with van der Waals surface area (Å²) in [5.41, 5.74) is 22.1. The molecule has 13 aromatic rings. The Kier molecular flexibility index (Phi) is 10.3. The van der Waals surface area contributed by atoms with Crippen LogP contribution in [0.1, 0.15) is 49.9 Å². The molecule has 2 aliphatic carbocycles. The fraction of sp³-hybridized carbons (Fsp3) is 0.0789. The minimum absolute atomic E-state index is 0.223. The summed E-state index contributed by atoms with van der Waals surface area (Å²) in [5.74, 6) is 0. The number of benzene rings is 13. The highest BCUT2D eigenvalue weighted by molar-refractivity contribution is 6.24. The largest absolute Gasteiger partial charge is 0.311 e. The van der Waals surface area contributed by atoms with Crippen molar-refractivity contribution in [1.29, 1.82) is 0 Å². The Morgan fingerprint density at radius 1 is 0.244 bits per heavy atom. The highest BCUT2D eigenvalue weighted by atomic mass is 15.1. The molecule has 0 bridgehead atoms. The Balaban J connectivity index is 0.977. The minimum atomic E-state index is -0.223. The maximum absolute atomic E-state index is 2.51. The zero-order chi connectivity index (χ0) is 52.3. The first-order valence-corrected chi connectivity index (χ1v) is 27.4. The van der Waals surface area contributed by atoms with Crippen LogP contribution in [0.4, 0.5) is 34.1 Å². The molecule has 2 heteroatoms. The van der Waals surface area contributed by atoms with Crippen LogP contribution in [-0.2, 0) is 10.8 Å². The number of para-hydroxylation sites is 4. The van der Waals surface area contributed by atoms with Crippen LogP contribution >= 0.6 is 0 Å². The van der Waals surface area contributed by atoms with Crippen LogP contribution in [0.3, 0.4) is 0 Å². The molecular formula is C76H56N2. The Labute approximate surface area is 456 Å². The Bertz CT molecular complexity index is 4130. The number of hydrogen-bond donors (Lipinski definition) is 0. The van der Waals surface area contributed by atoms with Gasteiger partial charge in [0.05, 0.1) is 0 Å². The smallest absolute Gasteiger partial charge is 0.0462 e. The van der Waals surface area contributed by atoms with Gasteiger partial charge in [-0.1, -0.05) is 198 Å². The molecule has 0 radical (unpaired) electrons. The van der Waals surface area contributed by atoms with E-state index in [4.69, 9.17) is 0 Å². The van der Waals surface area contributed by atoms with E-state index >= 15 is 0 Å². The van der Waals surface area contributed by atoms with Gasteiger partial charge in [0.15, 0.2) is 0 Å². The van der Waals surface area contributed by atoms with Gasteiger partial charge in [-0.2, -0.15) is 0 Å². The van der Waals surface area contributed by atoms with Crippen LogP contribution < -0.4 is 9.80 Å². The highest BCUT2D eigenvalue weighted by Gasteiger charge is 2.39. The van der Waals surface area contributed by atoms with Crippen LogP contribution in [0.5, 0.6) is 0 Å². The summed E-state index contributed by atoms with van der Waals surface area (Å²) >= 11 is 0. The molecule has 370 valence electrons. The zero-order valence-corrected chi connectivity index (χ0v) is 44.3. The van der Waals surface area contributed by atoms with Crippen molar-refractivity contribution < 1.29 is 0 Å². The van der Waals surface area contributed by atoms with E-state index in [1.54, 1.807) is 0 Å². The fourth-order valence-corrected chi connectivity index (χ4v) is 13.8. The van der Waals surface area contributed by atoms with Crippen LogP contribution in [0.2, 0.25) is 0 Å². The van der Waals surface area contributed by atoms with Gasteiger partial charge in [-0.05, 0) is 207 Å². The number of rotatable bonds is 8. The van der Waals surface area contributed by atoms with Crippen LogP contribution in [0.25, 0.3) is 87.6 Å². The van der Waals surface area contributed by atoms with E-state index < -0.39 is 0 Å². The number of fused-ring (bicyclic) bond motifs is 14. The molecule has 13 aromatic carbocycles. The average molecular weight is 997 g/mol. The topological polar surface area (TPSA) is 6.48 Å². The van der Waals surface area contributed by atoms with E-state index in [1.165, 1.54) is 110 Å². The molecule has 0 fully saturated rings. The molecule has 0 N–H and O–H groups in total.